The number of carbonyl (C=O) groups excluding carboxylic acids is 1. The predicted molar refractivity (Wildman–Crippen MR) is 87.0 cm³/mol. The smallest absolute Gasteiger partial charge is 0.225 e. The quantitative estimate of drug-likeness (QED) is 0.665. The highest BCUT2D eigenvalue weighted by Gasteiger charge is 2.15. The van der Waals surface area contributed by atoms with Crippen LogP contribution in [0.1, 0.15) is 31.1 Å². The number of unbranched alkanes of at least 4 members (excludes halogenated alkanes) is 2. The van der Waals surface area contributed by atoms with Gasteiger partial charge in [-0.15, -0.1) is 11.3 Å². The SMILES string of the molecule is CCCCCN(CCNC(=O)Cc1cccs1)S(C)(=O)=O. The Bertz CT molecular complexity index is 512. The Kier molecular flexibility index (Phi) is 7.92. The van der Waals surface area contributed by atoms with Crippen molar-refractivity contribution in [2.75, 3.05) is 25.9 Å². The molecule has 120 valence electrons. The van der Waals surface area contributed by atoms with E-state index in [1.165, 1.54) is 10.6 Å². The van der Waals surface area contributed by atoms with Crippen molar-refractivity contribution in [2.45, 2.75) is 32.6 Å². The van der Waals surface area contributed by atoms with Gasteiger partial charge in [-0.3, -0.25) is 4.79 Å². The summed E-state index contributed by atoms with van der Waals surface area (Å²) in [6.07, 6.45) is 4.48. The van der Waals surface area contributed by atoms with Crippen LogP contribution >= 0.6 is 11.3 Å². The first-order chi connectivity index (χ1) is 9.93. The first-order valence-corrected chi connectivity index (χ1v) is 9.90. The van der Waals surface area contributed by atoms with Crippen LogP contribution in [-0.2, 0) is 21.2 Å². The summed E-state index contributed by atoms with van der Waals surface area (Å²) < 4.78 is 24.8. The van der Waals surface area contributed by atoms with Crippen molar-refractivity contribution in [3.63, 3.8) is 0 Å². The van der Waals surface area contributed by atoms with Crippen molar-refractivity contribution >= 4 is 27.3 Å². The van der Waals surface area contributed by atoms with Crippen molar-refractivity contribution in [1.29, 1.82) is 0 Å². The van der Waals surface area contributed by atoms with Gasteiger partial charge in [-0.2, -0.15) is 0 Å². The van der Waals surface area contributed by atoms with Gasteiger partial charge in [0.15, 0.2) is 0 Å². The first-order valence-electron chi connectivity index (χ1n) is 7.17. The molecule has 0 aliphatic rings. The number of rotatable bonds is 10. The fraction of sp³-hybridized carbons (Fsp3) is 0.643. The number of sulfonamides is 1. The molecule has 1 amide bonds. The molecule has 1 N–H and O–H groups in total. The zero-order chi connectivity index (χ0) is 15.7. The van der Waals surface area contributed by atoms with Crippen molar-refractivity contribution in [2.24, 2.45) is 0 Å². The molecule has 7 heteroatoms. The molecule has 1 aromatic heterocycles. The third-order valence-corrected chi connectivity index (χ3v) is 5.26. The molecule has 0 aromatic carbocycles. The van der Waals surface area contributed by atoms with Gasteiger partial charge < -0.3 is 5.32 Å². The van der Waals surface area contributed by atoms with E-state index < -0.39 is 10.0 Å². The van der Waals surface area contributed by atoms with Crippen LogP contribution in [0.25, 0.3) is 0 Å². The van der Waals surface area contributed by atoms with Crippen LogP contribution in [0.15, 0.2) is 17.5 Å². The minimum atomic E-state index is -3.21. The molecule has 0 saturated carbocycles. The predicted octanol–water partition coefficient (Wildman–Crippen LogP) is 1.86. The highest BCUT2D eigenvalue weighted by molar-refractivity contribution is 7.88. The largest absolute Gasteiger partial charge is 0.354 e. The summed E-state index contributed by atoms with van der Waals surface area (Å²) in [5.74, 6) is -0.0699. The highest BCUT2D eigenvalue weighted by Crippen LogP contribution is 2.08. The molecule has 0 saturated heterocycles. The molecule has 1 aromatic rings. The van der Waals surface area contributed by atoms with Gasteiger partial charge in [0.1, 0.15) is 0 Å². The second-order valence-electron chi connectivity index (χ2n) is 4.98. The number of thiophene rings is 1. The number of nitrogens with zero attached hydrogens (tertiary/aromatic N) is 1. The molecule has 0 aliphatic heterocycles. The number of nitrogens with one attached hydrogen (secondary N) is 1. The average Bonchev–Trinajstić information content (AvgIpc) is 2.88. The van der Waals surface area contributed by atoms with E-state index in [2.05, 4.69) is 12.2 Å². The summed E-state index contributed by atoms with van der Waals surface area (Å²) in [5.41, 5.74) is 0. The lowest BCUT2D eigenvalue weighted by Gasteiger charge is -2.20. The van der Waals surface area contributed by atoms with Gasteiger partial charge in [0.2, 0.25) is 15.9 Å². The topological polar surface area (TPSA) is 66.5 Å². The van der Waals surface area contributed by atoms with E-state index in [0.717, 1.165) is 24.1 Å². The van der Waals surface area contributed by atoms with E-state index in [-0.39, 0.29) is 5.91 Å². The van der Waals surface area contributed by atoms with Gasteiger partial charge in [-0.1, -0.05) is 25.8 Å². The van der Waals surface area contributed by atoms with Gasteiger partial charge in [0.05, 0.1) is 12.7 Å². The van der Waals surface area contributed by atoms with E-state index in [1.807, 2.05) is 17.5 Å². The van der Waals surface area contributed by atoms with Gasteiger partial charge in [0.25, 0.3) is 0 Å². The van der Waals surface area contributed by atoms with E-state index in [0.29, 0.717) is 26.1 Å². The Labute approximate surface area is 131 Å². The molecule has 21 heavy (non-hydrogen) atoms. The van der Waals surface area contributed by atoms with Gasteiger partial charge in [-0.25, -0.2) is 12.7 Å². The summed E-state index contributed by atoms with van der Waals surface area (Å²) in [6, 6.07) is 3.82. The van der Waals surface area contributed by atoms with Gasteiger partial charge in [0, 0.05) is 24.5 Å². The summed E-state index contributed by atoms with van der Waals surface area (Å²) in [6.45, 7) is 3.28. The molecule has 0 unspecified atom stereocenters. The van der Waals surface area contributed by atoms with E-state index in [9.17, 15) is 13.2 Å². The Morgan fingerprint density at radius 2 is 2.10 bits per heavy atom. The average molecular weight is 332 g/mol. The Balaban J connectivity index is 2.33. The lowest BCUT2D eigenvalue weighted by molar-refractivity contribution is -0.120. The molecule has 1 rings (SSSR count). The summed E-state index contributed by atoms with van der Waals surface area (Å²) in [4.78, 5) is 12.7. The van der Waals surface area contributed by atoms with Crippen LogP contribution in [0.2, 0.25) is 0 Å². The minimum absolute atomic E-state index is 0.0699. The molecule has 0 spiro atoms. The lowest BCUT2D eigenvalue weighted by Crippen LogP contribution is -2.38. The summed E-state index contributed by atoms with van der Waals surface area (Å²) in [7, 11) is -3.21. The zero-order valence-corrected chi connectivity index (χ0v) is 14.3. The second-order valence-corrected chi connectivity index (χ2v) is 7.99. The van der Waals surface area contributed by atoms with E-state index in [4.69, 9.17) is 0 Å². The van der Waals surface area contributed by atoms with Gasteiger partial charge in [-0.05, 0) is 17.9 Å². The number of hydrogen-bond acceptors (Lipinski definition) is 4. The number of amides is 1. The Hall–Kier alpha value is -0.920. The molecule has 0 atom stereocenters. The van der Waals surface area contributed by atoms with Crippen LogP contribution < -0.4 is 5.32 Å². The maximum atomic E-state index is 11.7. The van der Waals surface area contributed by atoms with Crippen LogP contribution in [0, 0.1) is 0 Å². The summed E-state index contributed by atoms with van der Waals surface area (Å²) in [5, 5.41) is 4.71. The first kappa shape index (κ1) is 18.1. The standard InChI is InChI=1S/C14H24N2O3S2/c1-3-4-5-9-16(21(2,18)19)10-8-15-14(17)12-13-7-6-11-20-13/h6-7,11H,3-5,8-10,12H2,1-2H3,(H,15,17). The van der Waals surface area contributed by atoms with Crippen molar-refractivity contribution in [3.05, 3.63) is 22.4 Å². The zero-order valence-electron chi connectivity index (χ0n) is 12.7. The van der Waals surface area contributed by atoms with Crippen LogP contribution in [0.5, 0.6) is 0 Å². The van der Waals surface area contributed by atoms with Crippen LogP contribution in [-0.4, -0.2) is 44.5 Å². The molecule has 5 nitrogen and oxygen atoms in total. The van der Waals surface area contributed by atoms with Gasteiger partial charge >= 0.3 is 0 Å². The molecular weight excluding hydrogens is 308 g/mol. The molecular formula is C14H24N2O3S2. The Morgan fingerprint density at radius 3 is 2.67 bits per heavy atom. The lowest BCUT2D eigenvalue weighted by atomic mass is 10.2. The molecule has 1 heterocycles. The molecule has 0 fully saturated rings. The fourth-order valence-electron chi connectivity index (χ4n) is 1.94. The van der Waals surface area contributed by atoms with Crippen LogP contribution in [0.3, 0.4) is 0 Å². The monoisotopic (exact) mass is 332 g/mol. The van der Waals surface area contributed by atoms with Crippen molar-refractivity contribution in [1.82, 2.24) is 9.62 Å². The Morgan fingerprint density at radius 1 is 1.33 bits per heavy atom. The molecule has 0 aliphatic carbocycles. The minimum Gasteiger partial charge on any atom is -0.354 e. The number of hydrogen-bond donors (Lipinski definition) is 1. The van der Waals surface area contributed by atoms with E-state index in [1.54, 1.807) is 11.3 Å². The summed E-state index contributed by atoms with van der Waals surface area (Å²) >= 11 is 1.54. The normalized spacial score (nSPS) is 11.8. The van der Waals surface area contributed by atoms with E-state index >= 15 is 0 Å². The van der Waals surface area contributed by atoms with Crippen molar-refractivity contribution in [3.8, 4) is 0 Å². The number of carbonyl (C=O) groups is 1. The maximum absolute atomic E-state index is 11.7. The maximum Gasteiger partial charge on any atom is 0.225 e. The van der Waals surface area contributed by atoms with Crippen molar-refractivity contribution < 1.29 is 13.2 Å². The molecule has 0 radical (unpaired) electrons. The van der Waals surface area contributed by atoms with Crippen LogP contribution in [0.4, 0.5) is 0 Å². The highest BCUT2D eigenvalue weighted by atomic mass is 32.2. The second kappa shape index (κ2) is 9.17. The third-order valence-electron chi connectivity index (χ3n) is 3.08. The fourth-order valence-corrected chi connectivity index (χ4v) is 3.52. The molecule has 0 bridgehead atoms. The third kappa shape index (κ3) is 7.59.